The molecule has 0 unspecified atom stereocenters. The molecule has 1 N–H and O–H groups in total. The largest absolute Gasteiger partial charge is 0.438 e. The van der Waals surface area contributed by atoms with Crippen LogP contribution in [0.4, 0.5) is 0 Å². The van der Waals surface area contributed by atoms with Crippen molar-refractivity contribution in [2.75, 3.05) is 0 Å². The number of halogens is 1. The van der Waals surface area contributed by atoms with Crippen molar-refractivity contribution in [2.24, 2.45) is 0 Å². The van der Waals surface area contributed by atoms with E-state index in [1.54, 1.807) is 6.20 Å². The van der Waals surface area contributed by atoms with Crippen LogP contribution in [0.3, 0.4) is 0 Å². The maximum atomic E-state index is 5.96. The van der Waals surface area contributed by atoms with E-state index < -0.39 is 0 Å². The third-order valence-corrected chi connectivity index (χ3v) is 3.39. The van der Waals surface area contributed by atoms with Gasteiger partial charge in [-0.25, -0.2) is 4.98 Å². The summed E-state index contributed by atoms with van der Waals surface area (Å²) in [7, 11) is 0. The van der Waals surface area contributed by atoms with Gasteiger partial charge in [0.15, 0.2) is 0 Å². The molecule has 3 nitrogen and oxygen atoms in total. The van der Waals surface area contributed by atoms with Crippen molar-refractivity contribution in [3.8, 4) is 11.6 Å². The van der Waals surface area contributed by atoms with Crippen LogP contribution in [0.15, 0.2) is 41.0 Å². The van der Waals surface area contributed by atoms with E-state index >= 15 is 0 Å². The number of rotatable bonds is 5. The van der Waals surface area contributed by atoms with E-state index in [1.165, 1.54) is 0 Å². The van der Waals surface area contributed by atoms with E-state index in [0.29, 0.717) is 11.9 Å². The first-order valence-electron chi connectivity index (χ1n) is 6.67. The number of nitrogens with zero attached hydrogens (tertiary/aromatic N) is 1. The fourth-order valence-corrected chi connectivity index (χ4v) is 2.27. The molecule has 0 saturated carbocycles. The third kappa shape index (κ3) is 4.05. The second-order valence-corrected chi connectivity index (χ2v) is 5.93. The van der Waals surface area contributed by atoms with Crippen LogP contribution in [0.2, 0.25) is 0 Å². The van der Waals surface area contributed by atoms with Gasteiger partial charge in [0, 0.05) is 28.8 Å². The highest BCUT2D eigenvalue weighted by Gasteiger charge is 2.08. The zero-order chi connectivity index (χ0) is 14.5. The zero-order valence-corrected chi connectivity index (χ0v) is 13.6. The minimum atomic E-state index is 0.428. The van der Waals surface area contributed by atoms with Gasteiger partial charge in [-0.15, -0.1) is 0 Å². The van der Waals surface area contributed by atoms with Crippen molar-refractivity contribution in [2.45, 2.75) is 33.4 Å². The summed E-state index contributed by atoms with van der Waals surface area (Å²) in [5.74, 6) is 1.49. The van der Waals surface area contributed by atoms with Crippen molar-refractivity contribution in [1.82, 2.24) is 10.3 Å². The number of aryl methyl sites for hydroxylation is 1. The number of ether oxygens (including phenoxy) is 1. The van der Waals surface area contributed by atoms with Gasteiger partial charge in [0.1, 0.15) is 5.75 Å². The van der Waals surface area contributed by atoms with Crippen molar-refractivity contribution in [3.05, 3.63) is 52.1 Å². The minimum Gasteiger partial charge on any atom is -0.438 e. The van der Waals surface area contributed by atoms with Gasteiger partial charge in [0.05, 0.1) is 0 Å². The van der Waals surface area contributed by atoms with Gasteiger partial charge in [-0.3, -0.25) is 0 Å². The highest BCUT2D eigenvalue weighted by Crippen LogP contribution is 2.28. The van der Waals surface area contributed by atoms with E-state index in [-0.39, 0.29) is 0 Å². The topological polar surface area (TPSA) is 34.1 Å². The molecule has 1 aromatic heterocycles. The van der Waals surface area contributed by atoms with Gasteiger partial charge in [0.25, 0.3) is 0 Å². The number of aromatic nitrogens is 1. The Morgan fingerprint density at radius 2 is 2.10 bits per heavy atom. The molecule has 0 fully saturated rings. The quantitative estimate of drug-likeness (QED) is 0.877. The number of pyridine rings is 1. The Bertz CT molecular complexity index is 584. The van der Waals surface area contributed by atoms with E-state index in [2.05, 4.69) is 40.1 Å². The standard InChI is InChI=1S/C16H19BrN2O/c1-11(2)19-10-13-5-4-8-18-16(13)20-15-7-6-14(17)9-12(15)3/h4-9,11,19H,10H2,1-3H3. The molecule has 1 heterocycles. The van der Waals surface area contributed by atoms with Crippen LogP contribution in [0.25, 0.3) is 0 Å². The number of benzene rings is 1. The molecule has 2 rings (SSSR count). The Hall–Kier alpha value is -1.39. The molecule has 0 aliphatic rings. The van der Waals surface area contributed by atoms with E-state index in [0.717, 1.165) is 27.9 Å². The molecule has 106 valence electrons. The van der Waals surface area contributed by atoms with Gasteiger partial charge in [-0.05, 0) is 36.8 Å². The number of nitrogens with one attached hydrogen (secondary N) is 1. The molecule has 0 saturated heterocycles. The van der Waals surface area contributed by atoms with Gasteiger partial charge in [-0.2, -0.15) is 0 Å². The lowest BCUT2D eigenvalue weighted by Gasteiger charge is -2.13. The second-order valence-electron chi connectivity index (χ2n) is 5.02. The van der Waals surface area contributed by atoms with Gasteiger partial charge >= 0.3 is 0 Å². The van der Waals surface area contributed by atoms with Crippen LogP contribution in [-0.4, -0.2) is 11.0 Å². The highest BCUT2D eigenvalue weighted by atomic mass is 79.9. The van der Waals surface area contributed by atoms with Crippen LogP contribution >= 0.6 is 15.9 Å². The van der Waals surface area contributed by atoms with Crippen molar-refractivity contribution in [1.29, 1.82) is 0 Å². The highest BCUT2D eigenvalue weighted by molar-refractivity contribution is 9.10. The molecule has 1 aromatic carbocycles. The summed E-state index contributed by atoms with van der Waals surface area (Å²) in [4.78, 5) is 4.34. The van der Waals surface area contributed by atoms with Crippen LogP contribution in [0.1, 0.15) is 25.0 Å². The van der Waals surface area contributed by atoms with Crippen molar-refractivity contribution < 1.29 is 4.74 Å². The molecule has 0 bridgehead atoms. The molecule has 0 aliphatic heterocycles. The Morgan fingerprint density at radius 1 is 1.30 bits per heavy atom. The summed E-state index contributed by atoms with van der Waals surface area (Å²) in [5, 5.41) is 3.38. The second kappa shape index (κ2) is 6.86. The maximum Gasteiger partial charge on any atom is 0.223 e. The summed E-state index contributed by atoms with van der Waals surface area (Å²) in [5.41, 5.74) is 2.14. The Balaban J connectivity index is 2.20. The molecule has 0 spiro atoms. The maximum absolute atomic E-state index is 5.96. The predicted molar refractivity (Wildman–Crippen MR) is 85.2 cm³/mol. The average molecular weight is 335 g/mol. The van der Waals surface area contributed by atoms with Crippen molar-refractivity contribution >= 4 is 15.9 Å². The predicted octanol–water partition coefficient (Wildman–Crippen LogP) is 4.44. The number of hydrogen-bond acceptors (Lipinski definition) is 3. The molecule has 0 atom stereocenters. The third-order valence-electron chi connectivity index (χ3n) is 2.89. The van der Waals surface area contributed by atoms with Crippen LogP contribution < -0.4 is 10.1 Å². The molecule has 0 aliphatic carbocycles. The summed E-state index contributed by atoms with van der Waals surface area (Å²) in [6, 6.07) is 10.3. The Kier molecular flexibility index (Phi) is 5.15. The normalized spacial score (nSPS) is 10.8. The van der Waals surface area contributed by atoms with Crippen LogP contribution in [0.5, 0.6) is 11.6 Å². The molecule has 0 radical (unpaired) electrons. The molecule has 20 heavy (non-hydrogen) atoms. The molecule has 0 amide bonds. The van der Waals surface area contributed by atoms with E-state index in [4.69, 9.17) is 4.74 Å². The Morgan fingerprint density at radius 3 is 2.80 bits per heavy atom. The summed E-state index contributed by atoms with van der Waals surface area (Å²) in [6.07, 6.45) is 1.75. The SMILES string of the molecule is Cc1cc(Br)ccc1Oc1ncccc1CNC(C)C. The lowest BCUT2D eigenvalue weighted by atomic mass is 10.2. The van der Waals surface area contributed by atoms with Gasteiger partial charge in [0.2, 0.25) is 5.88 Å². The molecular weight excluding hydrogens is 316 g/mol. The average Bonchev–Trinajstić information content (AvgIpc) is 2.41. The fraction of sp³-hybridized carbons (Fsp3) is 0.312. The van der Waals surface area contributed by atoms with E-state index in [9.17, 15) is 0 Å². The Labute approximate surface area is 128 Å². The monoisotopic (exact) mass is 334 g/mol. The first-order valence-corrected chi connectivity index (χ1v) is 7.47. The van der Waals surface area contributed by atoms with Crippen molar-refractivity contribution in [3.63, 3.8) is 0 Å². The van der Waals surface area contributed by atoms with Gasteiger partial charge in [-0.1, -0.05) is 35.8 Å². The lowest BCUT2D eigenvalue weighted by Crippen LogP contribution is -2.22. The minimum absolute atomic E-state index is 0.428. The van der Waals surface area contributed by atoms with Gasteiger partial charge < -0.3 is 10.1 Å². The molecule has 2 aromatic rings. The fourth-order valence-electron chi connectivity index (χ4n) is 1.80. The lowest BCUT2D eigenvalue weighted by molar-refractivity contribution is 0.447. The van der Waals surface area contributed by atoms with Crippen LogP contribution in [0, 0.1) is 6.92 Å². The summed E-state index contributed by atoms with van der Waals surface area (Å²) >= 11 is 3.46. The summed E-state index contributed by atoms with van der Waals surface area (Å²) < 4.78 is 7.00. The first kappa shape index (κ1) is 15.0. The number of hydrogen-bond donors (Lipinski definition) is 1. The zero-order valence-electron chi connectivity index (χ0n) is 12.0. The smallest absolute Gasteiger partial charge is 0.223 e. The van der Waals surface area contributed by atoms with E-state index in [1.807, 2.05) is 37.3 Å². The summed E-state index contributed by atoms with van der Waals surface area (Å²) in [6.45, 7) is 7.01. The molecular formula is C16H19BrN2O. The molecule has 4 heteroatoms. The van der Waals surface area contributed by atoms with Crippen LogP contribution in [-0.2, 0) is 6.54 Å². The first-order chi connectivity index (χ1) is 9.56.